The second-order valence-corrected chi connectivity index (χ2v) is 7.51. The summed E-state index contributed by atoms with van der Waals surface area (Å²) in [5.41, 5.74) is 2.15. The SMILES string of the molecule is CCCCC(C)N1CCc2nc(C(=O)NCc3cc(COC)n[nH]3)cn2CC1. The van der Waals surface area contributed by atoms with E-state index in [0.29, 0.717) is 24.9 Å². The number of H-pyrrole nitrogens is 1. The van der Waals surface area contributed by atoms with E-state index in [4.69, 9.17) is 4.74 Å². The van der Waals surface area contributed by atoms with Crippen LogP contribution in [0.1, 0.15) is 60.8 Å². The maximum absolute atomic E-state index is 12.5. The first kappa shape index (κ1) is 20.5. The molecule has 0 radical (unpaired) electrons. The number of nitrogens with one attached hydrogen (secondary N) is 2. The molecular weight excluding hydrogens is 356 g/mol. The van der Waals surface area contributed by atoms with Gasteiger partial charge in [0.05, 0.1) is 24.5 Å². The Morgan fingerprint density at radius 3 is 3.04 bits per heavy atom. The summed E-state index contributed by atoms with van der Waals surface area (Å²) in [7, 11) is 1.63. The average molecular weight is 389 g/mol. The molecule has 3 heterocycles. The second kappa shape index (κ2) is 9.84. The number of hydrogen-bond acceptors (Lipinski definition) is 5. The zero-order valence-corrected chi connectivity index (χ0v) is 17.2. The van der Waals surface area contributed by atoms with E-state index < -0.39 is 0 Å². The van der Waals surface area contributed by atoms with Crippen LogP contribution in [0.4, 0.5) is 0 Å². The Bertz CT molecular complexity index is 743. The first-order valence-electron chi connectivity index (χ1n) is 10.2. The van der Waals surface area contributed by atoms with Gasteiger partial charge in [-0.2, -0.15) is 5.10 Å². The number of ether oxygens (including phenoxy) is 1. The molecule has 2 aromatic rings. The summed E-state index contributed by atoms with van der Waals surface area (Å²) in [6.07, 6.45) is 6.52. The van der Waals surface area contributed by atoms with Gasteiger partial charge in [0.15, 0.2) is 0 Å². The number of rotatable bonds is 9. The van der Waals surface area contributed by atoms with Gasteiger partial charge in [0, 0.05) is 45.4 Å². The minimum Gasteiger partial charge on any atom is -0.378 e. The highest BCUT2D eigenvalue weighted by Crippen LogP contribution is 2.15. The minimum absolute atomic E-state index is 0.156. The topological polar surface area (TPSA) is 88.1 Å². The number of carbonyl (C=O) groups is 1. The van der Waals surface area contributed by atoms with Crippen molar-refractivity contribution < 1.29 is 9.53 Å². The molecule has 3 rings (SSSR count). The summed E-state index contributed by atoms with van der Waals surface area (Å²) in [6, 6.07) is 2.49. The molecule has 0 saturated heterocycles. The normalized spacial score (nSPS) is 15.8. The molecule has 8 heteroatoms. The molecule has 2 aromatic heterocycles. The zero-order valence-electron chi connectivity index (χ0n) is 17.2. The molecule has 1 aliphatic heterocycles. The first-order valence-corrected chi connectivity index (χ1v) is 10.2. The molecule has 1 atom stereocenters. The number of methoxy groups -OCH3 is 1. The first-order chi connectivity index (χ1) is 13.6. The smallest absolute Gasteiger partial charge is 0.271 e. The Hall–Kier alpha value is -2.19. The zero-order chi connectivity index (χ0) is 19.9. The van der Waals surface area contributed by atoms with E-state index in [-0.39, 0.29) is 5.91 Å². The van der Waals surface area contributed by atoms with Crippen molar-refractivity contribution in [2.45, 2.75) is 65.3 Å². The molecule has 0 aromatic carbocycles. The molecule has 0 spiro atoms. The van der Waals surface area contributed by atoms with Crippen LogP contribution in [0.2, 0.25) is 0 Å². The summed E-state index contributed by atoms with van der Waals surface area (Å²) in [5, 5.41) is 9.95. The number of fused-ring (bicyclic) bond motifs is 1. The Balaban J connectivity index is 1.53. The number of carbonyl (C=O) groups excluding carboxylic acids is 1. The van der Waals surface area contributed by atoms with Crippen molar-refractivity contribution in [3.05, 3.63) is 35.2 Å². The van der Waals surface area contributed by atoms with Crippen molar-refractivity contribution in [1.29, 1.82) is 0 Å². The van der Waals surface area contributed by atoms with Gasteiger partial charge in [-0.25, -0.2) is 4.98 Å². The molecule has 1 aliphatic rings. The van der Waals surface area contributed by atoms with Crippen LogP contribution in [0.25, 0.3) is 0 Å². The number of imidazole rings is 1. The third-order valence-electron chi connectivity index (χ3n) is 5.36. The number of aromatic nitrogens is 4. The Morgan fingerprint density at radius 2 is 2.25 bits per heavy atom. The quantitative estimate of drug-likeness (QED) is 0.687. The van der Waals surface area contributed by atoms with Crippen LogP contribution in [-0.4, -0.2) is 56.8 Å². The van der Waals surface area contributed by atoms with Gasteiger partial charge >= 0.3 is 0 Å². The van der Waals surface area contributed by atoms with Gasteiger partial charge in [-0.3, -0.25) is 14.8 Å². The van der Waals surface area contributed by atoms with Gasteiger partial charge < -0.3 is 14.6 Å². The lowest BCUT2D eigenvalue weighted by atomic mass is 10.1. The standard InChI is InChI=1S/C20H32N6O2/c1-4-5-6-15(2)25-8-7-19-22-18(13-26(19)10-9-25)20(27)21-12-16-11-17(14-28-3)24-23-16/h11,13,15H,4-10,12,14H2,1-3H3,(H,21,27)(H,23,24). The summed E-state index contributed by atoms with van der Waals surface area (Å²) < 4.78 is 7.18. The van der Waals surface area contributed by atoms with E-state index in [1.54, 1.807) is 7.11 Å². The molecular formula is C20H32N6O2. The largest absolute Gasteiger partial charge is 0.378 e. The Labute approximate surface area is 166 Å². The monoisotopic (exact) mass is 388 g/mol. The highest BCUT2D eigenvalue weighted by atomic mass is 16.5. The van der Waals surface area contributed by atoms with Crippen LogP contribution in [0.3, 0.4) is 0 Å². The maximum Gasteiger partial charge on any atom is 0.271 e. The van der Waals surface area contributed by atoms with Crippen LogP contribution >= 0.6 is 0 Å². The van der Waals surface area contributed by atoms with Crippen LogP contribution in [-0.2, 0) is 30.9 Å². The predicted molar refractivity (Wildman–Crippen MR) is 107 cm³/mol. The molecule has 1 unspecified atom stereocenters. The molecule has 1 amide bonds. The fourth-order valence-electron chi connectivity index (χ4n) is 3.66. The molecule has 0 aliphatic carbocycles. The fraction of sp³-hybridized carbons (Fsp3) is 0.650. The third kappa shape index (κ3) is 5.20. The van der Waals surface area contributed by atoms with Crippen molar-refractivity contribution in [3.8, 4) is 0 Å². The minimum atomic E-state index is -0.156. The molecule has 0 bridgehead atoms. The second-order valence-electron chi connectivity index (χ2n) is 7.51. The summed E-state index contributed by atoms with van der Waals surface area (Å²) >= 11 is 0. The lowest BCUT2D eigenvalue weighted by molar-refractivity contribution is 0.0945. The van der Waals surface area contributed by atoms with E-state index >= 15 is 0 Å². The maximum atomic E-state index is 12.5. The van der Waals surface area contributed by atoms with E-state index in [1.165, 1.54) is 19.3 Å². The number of aromatic amines is 1. The number of nitrogens with zero attached hydrogens (tertiary/aromatic N) is 4. The number of hydrogen-bond donors (Lipinski definition) is 2. The van der Waals surface area contributed by atoms with Crippen molar-refractivity contribution in [2.75, 3.05) is 20.2 Å². The van der Waals surface area contributed by atoms with Crippen molar-refractivity contribution in [2.24, 2.45) is 0 Å². The lowest BCUT2D eigenvalue weighted by Crippen LogP contribution is -2.35. The molecule has 154 valence electrons. The summed E-state index contributed by atoms with van der Waals surface area (Å²) in [6.45, 7) is 8.28. The van der Waals surface area contributed by atoms with Crippen LogP contribution in [0.15, 0.2) is 12.3 Å². The lowest BCUT2D eigenvalue weighted by Gasteiger charge is -2.27. The highest BCUT2D eigenvalue weighted by Gasteiger charge is 2.21. The molecule has 0 fully saturated rings. The van der Waals surface area contributed by atoms with Gasteiger partial charge in [-0.15, -0.1) is 0 Å². The van der Waals surface area contributed by atoms with E-state index in [1.807, 2.05) is 12.3 Å². The van der Waals surface area contributed by atoms with E-state index in [9.17, 15) is 4.79 Å². The van der Waals surface area contributed by atoms with Gasteiger partial charge in [-0.05, 0) is 19.4 Å². The Morgan fingerprint density at radius 1 is 1.39 bits per heavy atom. The van der Waals surface area contributed by atoms with Gasteiger partial charge in [0.1, 0.15) is 11.5 Å². The molecule has 0 saturated carbocycles. The Kier molecular flexibility index (Phi) is 7.22. The van der Waals surface area contributed by atoms with E-state index in [0.717, 1.165) is 43.3 Å². The predicted octanol–water partition coefficient (Wildman–Crippen LogP) is 2.12. The highest BCUT2D eigenvalue weighted by molar-refractivity contribution is 5.92. The van der Waals surface area contributed by atoms with Gasteiger partial charge in [-0.1, -0.05) is 19.8 Å². The summed E-state index contributed by atoms with van der Waals surface area (Å²) in [5.74, 6) is 0.843. The third-order valence-corrected chi connectivity index (χ3v) is 5.36. The van der Waals surface area contributed by atoms with Gasteiger partial charge in [0.25, 0.3) is 5.91 Å². The van der Waals surface area contributed by atoms with Gasteiger partial charge in [0.2, 0.25) is 0 Å². The average Bonchev–Trinajstić information content (AvgIpc) is 3.27. The number of unbranched alkanes of at least 4 members (excludes halogenated alkanes) is 1. The number of amides is 1. The van der Waals surface area contributed by atoms with Crippen LogP contribution in [0.5, 0.6) is 0 Å². The van der Waals surface area contributed by atoms with Crippen molar-refractivity contribution in [3.63, 3.8) is 0 Å². The summed E-state index contributed by atoms with van der Waals surface area (Å²) in [4.78, 5) is 19.6. The van der Waals surface area contributed by atoms with E-state index in [2.05, 4.69) is 43.8 Å². The van der Waals surface area contributed by atoms with Crippen LogP contribution in [0, 0.1) is 0 Å². The molecule has 8 nitrogen and oxygen atoms in total. The molecule has 2 N–H and O–H groups in total. The van der Waals surface area contributed by atoms with Crippen LogP contribution < -0.4 is 5.32 Å². The molecule has 28 heavy (non-hydrogen) atoms. The fourth-order valence-corrected chi connectivity index (χ4v) is 3.66. The van der Waals surface area contributed by atoms with Crippen molar-refractivity contribution in [1.82, 2.24) is 30.0 Å². The van der Waals surface area contributed by atoms with Crippen molar-refractivity contribution >= 4 is 5.91 Å².